The Labute approximate surface area is 96.8 Å². The number of amides is 1. The molecule has 0 bridgehead atoms. The molecule has 0 aromatic heterocycles. The predicted octanol–water partition coefficient (Wildman–Crippen LogP) is 0.698. The molecule has 0 unspecified atom stereocenters. The van der Waals surface area contributed by atoms with E-state index in [1.54, 1.807) is 0 Å². The van der Waals surface area contributed by atoms with Gasteiger partial charge in [0.2, 0.25) is 5.91 Å². The van der Waals surface area contributed by atoms with E-state index in [0.717, 1.165) is 13.0 Å². The highest BCUT2D eigenvalue weighted by atomic mass is 16.4. The highest BCUT2D eigenvalue weighted by molar-refractivity contribution is 5.72. The molecule has 0 aliphatic carbocycles. The van der Waals surface area contributed by atoms with Crippen molar-refractivity contribution < 1.29 is 14.7 Å². The normalized spacial score (nSPS) is 10.8. The number of carboxylic acid groups (broad SMARTS) is 1. The standard InChI is InChI=1S/C11H22N2O3/c1-9(2)13(8-5-11(15)16)7-4-6-12-10(3)14/h9H,4-8H2,1-3H3,(H,12,14)(H,15,16). The van der Waals surface area contributed by atoms with Crippen LogP contribution in [0.4, 0.5) is 0 Å². The van der Waals surface area contributed by atoms with E-state index in [1.807, 2.05) is 13.8 Å². The largest absolute Gasteiger partial charge is 0.481 e. The number of carbonyl (C=O) groups excluding carboxylic acids is 1. The van der Waals surface area contributed by atoms with Gasteiger partial charge in [0.25, 0.3) is 0 Å². The number of hydrogen-bond acceptors (Lipinski definition) is 3. The Morgan fingerprint density at radius 3 is 2.38 bits per heavy atom. The van der Waals surface area contributed by atoms with Gasteiger partial charge in [-0.1, -0.05) is 0 Å². The summed E-state index contributed by atoms with van der Waals surface area (Å²) in [5, 5.41) is 11.3. The molecule has 0 radical (unpaired) electrons. The van der Waals surface area contributed by atoms with E-state index < -0.39 is 5.97 Å². The topological polar surface area (TPSA) is 69.6 Å². The Morgan fingerprint density at radius 2 is 1.94 bits per heavy atom. The van der Waals surface area contributed by atoms with Crippen LogP contribution in [0.2, 0.25) is 0 Å². The molecule has 0 saturated heterocycles. The number of aliphatic carboxylic acids is 1. The molecule has 0 saturated carbocycles. The third kappa shape index (κ3) is 8.23. The Bertz CT molecular complexity index is 229. The minimum absolute atomic E-state index is 0.0263. The van der Waals surface area contributed by atoms with Gasteiger partial charge in [-0.15, -0.1) is 0 Å². The van der Waals surface area contributed by atoms with Crippen molar-refractivity contribution in [3.63, 3.8) is 0 Å². The van der Waals surface area contributed by atoms with Crippen LogP contribution in [0.3, 0.4) is 0 Å². The maximum atomic E-state index is 10.6. The fraction of sp³-hybridized carbons (Fsp3) is 0.818. The number of rotatable bonds is 8. The minimum atomic E-state index is -0.771. The highest BCUT2D eigenvalue weighted by Crippen LogP contribution is 2.01. The SMILES string of the molecule is CC(=O)NCCCN(CCC(=O)O)C(C)C. The van der Waals surface area contributed by atoms with Gasteiger partial charge in [0.05, 0.1) is 6.42 Å². The summed E-state index contributed by atoms with van der Waals surface area (Å²) in [6, 6.07) is 0.330. The smallest absolute Gasteiger partial charge is 0.304 e. The van der Waals surface area contributed by atoms with Crippen molar-refractivity contribution in [3.8, 4) is 0 Å². The van der Waals surface area contributed by atoms with Crippen molar-refractivity contribution in [3.05, 3.63) is 0 Å². The summed E-state index contributed by atoms with van der Waals surface area (Å²) in [7, 11) is 0. The van der Waals surface area contributed by atoms with Crippen molar-refractivity contribution in [2.24, 2.45) is 0 Å². The summed E-state index contributed by atoms with van der Waals surface area (Å²) >= 11 is 0. The predicted molar refractivity (Wildman–Crippen MR) is 62.3 cm³/mol. The molecule has 0 aliphatic rings. The second-order valence-corrected chi connectivity index (χ2v) is 4.11. The van der Waals surface area contributed by atoms with Crippen LogP contribution in [0.5, 0.6) is 0 Å². The molecule has 1 amide bonds. The van der Waals surface area contributed by atoms with Gasteiger partial charge in [0.15, 0.2) is 0 Å². The van der Waals surface area contributed by atoms with E-state index in [1.165, 1.54) is 6.92 Å². The Hall–Kier alpha value is -1.10. The zero-order valence-corrected chi connectivity index (χ0v) is 10.3. The number of nitrogens with zero attached hydrogens (tertiary/aromatic N) is 1. The van der Waals surface area contributed by atoms with Crippen LogP contribution in [0.1, 0.15) is 33.6 Å². The van der Waals surface area contributed by atoms with Crippen LogP contribution in [-0.4, -0.2) is 47.6 Å². The summed E-state index contributed by atoms with van der Waals surface area (Å²) in [6.45, 7) is 7.59. The van der Waals surface area contributed by atoms with Gasteiger partial charge < -0.3 is 15.3 Å². The fourth-order valence-electron chi connectivity index (χ4n) is 1.41. The second-order valence-electron chi connectivity index (χ2n) is 4.11. The molecular weight excluding hydrogens is 208 g/mol. The molecule has 0 atom stereocenters. The first-order valence-electron chi connectivity index (χ1n) is 5.63. The van der Waals surface area contributed by atoms with Gasteiger partial charge >= 0.3 is 5.97 Å². The summed E-state index contributed by atoms with van der Waals surface area (Å²) < 4.78 is 0. The lowest BCUT2D eigenvalue weighted by atomic mass is 10.2. The van der Waals surface area contributed by atoms with E-state index in [-0.39, 0.29) is 12.3 Å². The van der Waals surface area contributed by atoms with Crippen molar-refractivity contribution in [2.45, 2.75) is 39.7 Å². The first kappa shape index (κ1) is 14.9. The third-order valence-corrected chi connectivity index (χ3v) is 2.34. The third-order valence-electron chi connectivity index (χ3n) is 2.34. The van der Waals surface area contributed by atoms with Crippen molar-refractivity contribution in [1.29, 1.82) is 0 Å². The van der Waals surface area contributed by atoms with Crippen LogP contribution in [-0.2, 0) is 9.59 Å². The molecule has 16 heavy (non-hydrogen) atoms. The maximum absolute atomic E-state index is 10.6. The van der Waals surface area contributed by atoms with Crippen molar-refractivity contribution >= 4 is 11.9 Å². The van der Waals surface area contributed by atoms with Crippen LogP contribution in [0.25, 0.3) is 0 Å². The summed E-state index contributed by atoms with van der Waals surface area (Å²) in [4.78, 5) is 23.2. The van der Waals surface area contributed by atoms with Gasteiger partial charge in [0, 0.05) is 32.6 Å². The van der Waals surface area contributed by atoms with Gasteiger partial charge in [-0.05, 0) is 20.3 Å². The zero-order valence-electron chi connectivity index (χ0n) is 10.3. The molecule has 0 heterocycles. The van der Waals surface area contributed by atoms with E-state index in [4.69, 9.17) is 5.11 Å². The first-order valence-corrected chi connectivity index (χ1v) is 5.63. The molecule has 0 fully saturated rings. The number of carbonyl (C=O) groups is 2. The molecule has 0 rings (SSSR count). The van der Waals surface area contributed by atoms with Gasteiger partial charge in [-0.25, -0.2) is 0 Å². The Morgan fingerprint density at radius 1 is 1.31 bits per heavy atom. The molecule has 5 heteroatoms. The second kappa shape index (κ2) is 8.10. The number of hydrogen-bond donors (Lipinski definition) is 2. The Balaban J connectivity index is 3.76. The van der Waals surface area contributed by atoms with Crippen LogP contribution in [0.15, 0.2) is 0 Å². The summed E-state index contributed by atoms with van der Waals surface area (Å²) in [5.41, 5.74) is 0. The van der Waals surface area contributed by atoms with Crippen molar-refractivity contribution in [2.75, 3.05) is 19.6 Å². The van der Waals surface area contributed by atoms with E-state index >= 15 is 0 Å². The molecule has 0 aromatic carbocycles. The average molecular weight is 230 g/mol. The van der Waals surface area contributed by atoms with Crippen LogP contribution in [0, 0.1) is 0 Å². The molecule has 94 valence electrons. The zero-order chi connectivity index (χ0) is 12.6. The monoisotopic (exact) mass is 230 g/mol. The van der Waals surface area contributed by atoms with Gasteiger partial charge in [0.1, 0.15) is 0 Å². The van der Waals surface area contributed by atoms with Crippen LogP contribution < -0.4 is 5.32 Å². The lowest BCUT2D eigenvalue weighted by Gasteiger charge is -2.25. The quantitative estimate of drug-likeness (QED) is 0.602. The molecule has 2 N–H and O–H groups in total. The summed E-state index contributed by atoms with van der Waals surface area (Å²) in [6.07, 6.45) is 1.01. The molecule has 0 aliphatic heterocycles. The van der Waals surface area contributed by atoms with Crippen LogP contribution >= 0.6 is 0 Å². The van der Waals surface area contributed by atoms with E-state index in [2.05, 4.69) is 10.2 Å². The highest BCUT2D eigenvalue weighted by Gasteiger charge is 2.10. The first-order chi connectivity index (χ1) is 7.43. The molecule has 0 spiro atoms. The molecule has 0 aromatic rings. The van der Waals surface area contributed by atoms with Crippen molar-refractivity contribution in [1.82, 2.24) is 10.2 Å². The number of carboxylic acids is 1. The lowest BCUT2D eigenvalue weighted by molar-refractivity contribution is -0.137. The lowest BCUT2D eigenvalue weighted by Crippen LogP contribution is -2.35. The molecule has 5 nitrogen and oxygen atoms in total. The van der Waals surface area contributed by atoms with E-state index in [9.17, 15) is 9.59 Å². The molecular formula is C11H22N2O3. The van der Waals surface area contributed by atoms with Gasteiger partial charge in [-0.2, -0.15) is 0 Å². The van der Waals surface area contributed by atoms with Gasteiger partial charge in [-0.3, -0.25) is 9.59 Å². The average Bonchev–Trinajstić information content (AvgIpc) is 2.15. The minimum Gasteiger partial charge on any atom is -0.481 e. The summed E-state index contributed by atoms with van der Waals surface area (Å²) in [5.74, 6) is -0.797. The van der Waals surface area contributed by atoms with E-state index in [0.29, 0.717) is 19.1 Å². The number of nitrogens with one attached hydrogen (secondary N) is 1. The fourth-order valence-corrected chi connectivity index (χ4v) is 1.41. The Kier molecular flexibility index (Phi) is 7.54. The maximum Gasteiger partial charge on any atom is 0.304 e.